The number of amides is 1. The van der Waals surface area contributed by atoms with E-state index in [1.807, 2.05) is 0 Å². The number of hydrogen-bond donors (Lipinski definition) is 2. The maximum atomic E-state index is 13.3. The smallest absolute Gasteiger partial charge is 0.370 e. The monoisotopic (exact) mass is 345 g/mol. The Balaban J connectivity index is 2.48. The van der Waals surface area contributed by atoms with Gasteiger partial charge in [-0.2, -0.15) is 18.2 Å². The highest BCUT2D eigenvalue weighted by Crippen LogP contribution is 2.41. The van der Waals surface area contributed by atoms with Crippen LogP contribution in [0.4, 0.5) is 24.5 Å². The number of nitro benzene ring substituents is 1. The zero-order chi connectivity index (χ0) is 18.1. The molecule has 0 spiro atoms. The average Bonchev–Trinajstić information content (AvgIpc) is 2.94. The molecule has 0 aromatic heterocycles. The molecule has 0 saturated carbocycles. The molecule has 11 heteroatoms. The second-order valence-corrected chi connectivity index (χ2v) is 5.18. The highest BCUT2D eigenvalue weighted by Gasteiger charge is 2.40. The quantitative estimate of drug-likeness (QED) is 0.369. The van der Waals surface area contributed by atoms with Gasteiger partial charge in [-0.15, -0.1) is 0 Å². The van der Waals surface area contributed by atoms with E-state index in [9.17, 15) is 28.1 Å². The van der Waals surface area contributed by atoms with Crippen molar-refractivity contribution in [2.24, 2.45) is 16.5 Å². The first-order chi connectivity index (χ1) is 11.1. The minimum absolute atomic E-state index is 0.178. The molecule has 1 aromatic carbocycles. The number of halogens is 3. The lowest BCUT2D eigenvalue weighted by Crippen LogP contribution is -2.38. The van der Waals surface area contributed by atoms with Gasteiger partial charge in [0, 0.05) is 18.7 Å². The SMILES string of the molecule is NC(N)=NC(=O)C1CCCN1c1ccc([N+](=O)[O-])cc1C(F)(F)F. The van der Waals surface area contributed by atoms with E-state index >= 15 is 0 Å². The summed E-state index contributed by atoms with van der Waals surface area (Å²) in [6.07, 6.45) is -4.07. The molecule has 1 aliphatic rings. The fraction of sp³-hybridized carbons (Fsp3) is 0.385. The van der Waals surface area contributed by atoms with Crippen LogP contribution in [0.15, 0.2) is 23.2 Å². The summed E-state index contributed by atoms with van der Waals surface area (Å²) in [6.45, 7) is 0.178. The number of non-ortho nitro benzene ring substituents is 1. The summed E-state index contributed by atoms with van der Waals surface area (Å²) in [5.41, 5.74) is 8.09. The van der Waals surface area contributed by atoms with Crippen LogP contribution >= 0.6 is 0 Å². The third-order valence-electron chi connectivity index (χ3n) is 3.58. The molecule has 1 saturated heterocycles. The summed E-state index contributed by atoms with van der Waals surface area (Å²) in [5.74, 6) is -1.23. The number of rotatable bonds is 3. The first-order valence-corrected chi connectivity index (χ1v) is 6.87. The molecule has 0 radical (unpaired) electrons. The first kappa shape index (κ1) is 17.5. The van der Waals surface area contributed by atoms with Crippen molar-refractivity contribution in [3.8, 4) is 0 Å². The zero-order valence-corrected chi connectivity index (χ0v) is 12.3. The average molecular weight is 345 g/mol. The van der Waals surface area contributed by atoms with E-state index in [0.29, 0.717) is 12.5 Å². The molecule has 1 amide bonds. The fourth-order valence-corrected chi connectivity index (χ4v) is 2.63. The topological polar surface area (TPSA) is 128 Å². The van der Waals surface area contributed by atoms with Crippen molar-refractivity contribution in [2.45, 2.75) is 25.1 Å². The molecule has 1 heterocycles. The molecule has 130 valence electrons. The van der Waals surface area contributed by atoms with Gasteiger partial charge in [0.2, 0.25) is 0 Å². The van der Waals surface area contributed by atoms with Crippen molar-refractivity contribution < 1.29 is 22.9 Å². The summed E-state index contributed by atoms with van der Waals surface area (Å²) >= 11 is 0. The second-order valence-electron chi connectivity index (χ2n) is 5.18. The number of nitrogens with zero attached hydrogens (tertiary/aromatic N) is 3. The highest BCUT2D eigenvalue weighted by molar-refractivity contribution is 5.96. The van der Waals surface area contributed by atoms with Crippen molar-refractivity contribution >= 4 is 23.2 Å². The van der Waals surface area contributed by atoms with Gasteiger partial charge < -0.3 is 16.4 Å². The van der Waals surface area contributed by atoms with E-state index in [-0.39, 0.29) is 18.7 Å². The predicted octanol–water partition coefficient (Wildman–Crippen LogP) is 1.38. The van der Waals surface area contributed by atoms with Crippen LogP contribution in [-0.2, 0) is 11.0 Å². The van der Waals surface area contributed by atoms with Gasteiger partial charge in [0.05, 0.1) is 16.2 Å². The van der Waals surface area contributed by atoms with Gasteiger partial charge in [0.1, 0.15) is 6.04 Å². The Morgan fingerprint density at radius 3 is 2.58 bits per heavy atom. The number of alkyl halides is 3. The Bertz CT molecular complexity index is 701. The number of hydrogen-bond acceptors (Lipinski definition) is 4. The minimum Gasteiger partial charge on any atom is -0.370 e. The number of nitrogens with two attached hydrogens (primary N) is 2. The molecule has 1 aliphatic heterocycles. The Kier molecular flexibility index (Phi) is 4.62. The Labute approximate surface area is 134 Å². The Hall–Kier alpha value is -2.85. The molecule has 1 unspecified atom stereocenters. The van der Waals surface area contributed by atoms with Crippen LogP contribution in [0.1, 0.15) is 18.4 Å². The van der Waals surface area contributed by atoms with Gasteiger partial charge in [-0.25, -0.2) is 0 Å². The minimum atomic E-state index is -4.81. The molecular weight excluding hydrogens is 331 g/mol. The summed E-state index contributed by atoms with van der Waals surface area (Å²) in [6, 6.07) is 1.46. The standard InChI is InChI=1S/C13H14F3N5O3/c14-13(15,16)8-6-7(21(23)24)3-4-9(8)20-5-1-2-10(20)11(22)19-12(17)18/h3-4,6,10H,1-2,5H2,(H4,17,18,19,22). The van der Waals surface area contributed by atoms with E-state index in [1.165, 1.54) is 4.90 Å². The van der Waals surface area contributed by atoms with E-state index in [2.05, 4.69) is 4.99 Å². The van der Waals surface area contributed by atoms with Crippen LogP contribution in [0.2, 0.25) is 0 Å². The molecular formula is C13H14F3N5O3. The lowest BCUT2D eigenvalue weighted by molar-refractivity contribution is -0.385. The molecule has 24 heavy (non-hydrogen) atoms. The number of aliphatic imine (C=N–C) groups is 1. The normalized spacial score (nSPS) is 17.6. The van der Waals surface area contributed by atoms with Crippen molar-refractivity contribution in [1.82, 2.24) is 0 Å². The lowest BCUT2D eigenvalue weighted by Gasteiger charge is -2.27. The number of carbonyl (C=O) groups is 1. The maximum Gasteiger partial charge on any atom is 0.418 e. The largest absolute Gasteiger partial charge is 0.418 e. The Morgan fingerprint density at radius 1 is 1.38 bits per heavy atom. The van der Waals surface area contributed by atoms with Crippen LogP contribution in [0.5, 0.6) is 0 Å². The van der Waals surface area contributed by atoms with Crippen molar-refractivity contribution in [3.05, 3.63) is 33.9 Å². The van der Waals surface area contributed by atoms with Crippen LogP contribution in [0, 0.1) is 10.1 Å². The molecule has 0 aliphatic carbocycles. The molecule has 8 nitrogen and oxygen atoms in total. The first-order valence-electron chi connectivity index (χ1n) is 6.87. The van der Waals surface area contributed by atoms with Crippen LogP contribution < -0.4 is 16.4 Å². The summed E-state index contributed by atoms with van der Waals surface area (Å²) < 4.78 is 39.8. The van der Waals surface area contributed by atoms with Crippen molar-refractivity contribution in [2.75, 3.05) is 11.4 Å². The fourth-order valence-electron chi connectivity index (χ4n) is 2.63. The van der Waals surface area contributed by atoms with Gasteiger partial charge in [0.15, 0.2) is 5.96 Å². The molecule has 1 fully saturated rings. The molecule has 1 atom stereocenters. The van der Waals surface area contributed by atoms with E-state index in [1.54, 1.807) is 0 Å². The van der Waals surface area contributed by atoms with Crippen molar-refractivity contribution in [1.29, 1.82) is 0 Å². The molecule has 0 bridgehead atoms. The van der Waals surface area contributed by atoms with Gasteiger partial charge in [-0.05, 0) is 18.9 Å². The second kappa shape index (κ2) is 6.34. The zero-order valence-electron chi connectivity index (χ0n) is 12.3. The van der Waals surface area contributed by atoms with Gasteiger partial charge in [0.25, 0.3) is 11.6 Å². The lowest BCUT2D eigenvalue weighted by atomic mass is 10.1. The van der Waals surface area contributed by atoms with E-state index in [0.717, 1.165) is 12.1 Å². The number of benzene rings is 1. The summed E-state index contributed by atoms with van der Waals surface area (Å²) in [5, 5.41) is 10.7. The maximum absolute atomic E-state index is 13.3. The molecule has 1 aromatic rings. The molecule has 2 rings (SSSR count). The van der Waals surface area contributed by atoms with Gasteiger partial charge >= 0.3 is 6.18 Å². The number of nitro groups is 1. The van der Waals surface area contributed by atoms with Gasteiger partial charge in [-0.1, -0.05) is 0 Å². The highest BCUT2D eigenvalue weighted by atomic mass is 19.4. The van der Waals surface area contributed by atoms with Crippen molar-refractivity contribution in [3.63, 3.8) is 0 Å². The van der Waals surface area contributed by atoms with Crippen LogP contribution in [0.25, 0.3) is 0 Å². The summed E-state index contributed by atoms with van der Waals surface area (Å²) in [7, 11) is 0. The van der Waals surface area contributed by atoms with E-state index < -0.39 is 40.3 Å². The predicted molar refractivity (Wildman–Crippen MR) is 79.3 cm³/mol. The van der Waals surface area contributed by atoms with Crippen LogP contribution in [0.3, 0.4) is 0 Å². The van der Waals surface area contributed by atoms with Crippen LogP contribution in [-0.4, -0.2) is 29.4 Å². The number of carbonyl (C=O) groups excluding carboxylic acids is 1. The third kappa shape index (κ3) is 3.55. The van der Waals surface area contributed by atoms with Gasteiger partial charge in [-0.3, -0.25) is 14.9 Å². The third-order valence-corrected chi connectivity index (χ3v) is 3.58. The number of anilines is 1. The molecule has 4 N–H and O–H groups in total. The Morgan fingerprint density at radius 2 is 2.04 bits per heavy atom. The number of guanidine groups is 1. The summed E-state index contributed by atoms with van der Waals surface area (Å²) in [4.78, 5) is 26.4. The van der Waals surface area contributed by atoms with E-state index in [4.69, 9.17) is 11.5 Å².